The number of aryl methyl sites for hydroxylation is 1. The fourth-order valence-corrected chi connectivity index (χ4v) is 1.82. The largest absolute Gasteiger partial charge is 0.330 e. The van der Waals surface area contributed by atoms with Crippen LogP contribution < -0.4 is 5.73 Å². The molecule has 0 radical (unpaired) electrons. The fraction of sp³-hybridized carbons (Fsp3) is 0.308. The molecular weight excluding hydrogens is 198 g/mol. The third-order valence-corrected chi connectivity index (χ3v) is 2.56. The molecule has 1 heterocycles. The number of rotatable bonds is 4. The molecule has 1 aromatic carbocycles. The number of aromatic amines is 1. The summed E-state index contributed by atoms with van der Waals surface area (Å²) in [6.45, 7) is 2.76. The highest BCUT2D eigenvalue weighted by molar-refractivity contribution is 5.26. The Hall–Kier alpha value is -1.61. The van der Waals surface area contributed by atoms with Gasteiger partial charge in [-0.2, -0.15) is 5.10 Å². The van der Waals surface area contributed by atoms with Crippen LogP contribution in [0.15, 0.2) is 30.3 Å². The average Bonchev–Trinajstić information content (AvgIpc) is 2.66. The lowest BCUT2D eigenvalue weighted by Gasteiger charge is -1.99. The van der Waals surface area contributed by atoms with Gasteiger partial charge in [0, 0.05) is 18.5 Å². The molecule has 84 valence electrons. The van der Waals surface area contributed by atoms with Gasteiger partial charge in [0.25, 0.3) is 0 Å². The molecule has 0 amide bonds. The Kier molecular flexibility index (Phi) is 3.37. The van der Waals surface area contributed by atoms with E-state index in [4.69, 9.17) is 5.73 Å². The SMILES string of the molecule is Cc1cccc(Cc2cc(CCN)n[nH]2)c1. The van der Waals surface area contributed by atoms with Crippen LogP contribution in [0.1, 0.15) is 22.5 Å². The quantitative estimate of drug-likeness (QED) is 0.817. The van der Waals surface area contributed by atoms with Gasteiger partial charge < -0.3 is 5.73 Å². The Balaban J connectivity index is 2.08. The molecular formula is C13H17N3. The number of nitrogens with two attached hydrogens (primary N) is 1. The van der Waals surface area contributed by atoms with E-state index >= 15 is 0 Å². The minimum atomic E-state index is 0.648. The van der Waals surface area contributed by atoms with Crippen molar-refractivity contribution in [2.24, 2.45) is 5.73 Å². The first-order valence-corrected chi connectivity index (χ1v) is 5.56. The number of hydrogen-bond acceptors (Lipinski definition) is 2. The Labute approximate surface area is 95.7 Å². The first-order chi connectivity index (χ1) is 7.78. The van der Waals surface area contributed by atoms with Crippen LogP contribution in [0.3, 0.4) is 0 Å². The molecule has 2 aromatic rings. The molecule has 2 rings (SSSR count). The van der Waals surface area contributed by atoms with Crippen molar-refractivity contribution in [2.75, 3.05) is 6.54 Å². The van der Waals surface area contributed by atoms with Gasteiger partial charge >= 0.3 is 0 Å². The third kappa shape index (κ3) is 2.70. The zero-order valence-electron chi connectivity index (χ0n) is 9.53. The normalized spacial score (nSPS) is 10.6. The Morgan fingerprint density at radius 1 is 1.31 bits per heavy atom. The van der Waals surface area contributed by atoms with Crippen LogP contribution in [0.5, 0.6) is 0 Å². The summed E-state index contributed by atoms with van der Waals surface area (Å²) in [5.41, 5.74) is 10.3. The highest BCUT2D eigenvalue weighted by Gasteiger charge is 2.01. The first-order valence-electron chi connectivity index (χ1n) is 5.56. The molecule has 0 unspecified atom stereocenters. The van der Waals surface area contributed by atoms with Crippen molar-refractivity contribution in [3.05, 3.63) is 52.8 Å². The van der Waals surface area contributed by atoms with Gasteiger partial charge in [0.15, 0.2) is 0 Å². The molecule has 3 heteroatoms. The molecule has 0 spiro atoms. The number of nitrogens with one attached hydrogen (secondary N) is 1. The summed E-state index contributed by atoms with van der Waals surface area (Å²) in [6.07, 6.45) is 1.74. The minimum absolute atomic E-state index is 0.648. The van der Waals surface area contributed by atoms with Crippen molar-refractivity contribution in [2.45, 2.75) is 19.8 Å². The zero-order valence-corrected chi connectivity index (χ0v) is 9.53. The summed E-state index contributed by atoms with van der Waals surface area (Å²) < 4.78 is 0. The highest BCUT2D eigenvalue weighted by Crippen LogP contribution is 2.10. The topological polar surface area (TPSA) is 54.7 Å². The van der Waals surface area contributed by atoms with E-state index in [1.807, 2.05) is 0 Å². The van der Waals surface area contributed by atoms with Gasteiger partial charge in [-0.15, -0.1) is 0 Å². The van der Waals surface area contributed by atoms with Gasteiger partial charge in [0.1, 0.15) is 0 Å². The second kappa shape index (κ2) is 4.94. The highest BCUT2D eigenvalue weighted by atomic mass is 15.1. The van der Waals surface area contributed by atoms with Crippen LogP contribution in [0.4, 0.5) is 0 Å². The molecule has 0 fully saturated rings. The number of hydrogen-bond donors (Lipinski definition) is 2. The monoisotopic (exact) mass is 215 g/mol. The van der Waals surface area contributed by atoms with Crippen LogP contribution >= 0.6 is 0 Å². The summed E-state index contributed by atoms with van der Waals surface area (Å²) >= 11 is 0. The zero-order chi connectivity index (χ0) is 11.4. The molecule has 0 aliphatic heterocycles. The molecule has 0 aliphatic rings. The van der Waals surface area contributed by atoms with E-state index in [0.29, 0.717) is 6.54 Å². The Morgan fingerprint density at radius 3 is 2.94 bits per heavy atom. The maximum Gasteiger partial charge on any atom is 0.0637 e. The predicted molar refractivity (Wildman–Crippen MR) is 65.3 cm³/mol. The van der Waals surface area contributed by atoms with Crippen LogP contribution in [0.25, 0.3) is 0 Å². The van der Waals surface area contributed by atoms with Crippen LogP contribution in [-0.2, 0) is 12.8 Å². The number of aromatic nitrogens is 2. The maximum absolute atomic E-state index is 5.49. The molecule has 1 aromatic heterocycles. The number of nitrogens with zero attached hydrogens (tertiary/aromatic N) is 1. The van der Waals surface area contributed by atoms with Gasteiger partial charge in [-0.1, -0.05) is 29.8 Å². The molecule has 0 saturated heterocycles. The van der Waals surface area contributed by atoms with Crippen molar-refractivity contribution in [3.63, 3.8) is 0 Å². The molecule has 3 N–H and O–H groups in total. The maximum atomic E-state index is 5.49. The van der Waals surface area contributed by atoms with Crippen molar-refractivity contribution in [1.29, 1.82) is 0 Å². The second-order valence-corrected chi connectivity index (χ2v) is 4.09. The number of H-pyrrole nitrogens is 1. The van der Waals surface area contributed by atoms with Gasteiger partial charge in [-0.25, -0.2) is 0 Å². The van der Waals surface area contributed by atoms with E-state index in [1.54, 1.807) is 0 Å². The first kappa shape index (κ1) is 10.9. The summed E-state index contributed by atoms with van der Waals surface area (Å²) in [6, 6.07) is 10.6. The summed E-state index contributed by atoms with van der Waals surface area (Å²) in [7, 11) is 0. The number of benzene rings is 1. The van der Waals surface area contributed by atoms with E-state index in [9.17, 15) is 0 Å². The van der Waals surface area contributed by atoms with Crippen molar-refractivity contribution in [1.82, 2.24) is 10.2 Å². The predicted octanol–water partition coefficient (Wildman–Crippen LogP) is 1.81. The van der Waals surface area contributed by atoms with Crippen LogP contribution in [-0.4, -0.2) is 16.7 Å². The van der Waals surface area contributed by atoms with E-state index < -0.39 is 0 Å². The van der Waals surface area contributed by atoms with E-state index in [2.05, 4.69) is 47.5 Å². The molecule has 0 aliphatic carbocycles. The van der Waals surface area contributed by atoms with Crippen LogP contribution in [0, 0.1) is 6.92 Å². The lowest BCUT2D eigenvalue weighted by molar-refractivity contribution is 0.894. The summed E-state index contributed by atoms with van der Waals surface area (Å²) in [5.74, 6) is 0. The van der Waals surface area contributed by atoms with E-state index in [-0.39, 0.29) is 0 Å². The van der Waals surface area contributed by atoms with Gasteiger partial charge in [-0.05, 0) is 25.1 Å². The third-order valence-electron chi connectivity index (χ3n) is 2.56. The van der Waals surface area contributed by atoms with Crippen LogP contribution in [0.2, 0.25) is 0 Å². The van der Waals surface area contributed by atoms with E-state index in [0.717, 1.165) is 24.2 Å². The van der Waals surface area contributed by atoms with Gasteiger partial charge in [-0.3, -0.25) is 5.10 Å². The Bertz CT molecular complexity index is 460. The molecule has 0 saturated carbocycles. The smallest absolute Gasteiger partial charge is 0.0637 e. The second-order valence-electron chi connectivity index (χ2n) is 4.09. The Morgan fingerprint density at radius 2 is 2.19 bits per heavy atom. The lowest BCUT2D eigenvalue weighted by atomic mass is 10.1. The van der Waals surface area contributed by atoms with Crippen molar-refractivity contribution in [3.8, 4) is 0 Å². The molecule has 0 atom stereocenters. The summed E-state index contributed by atoms with van der Waals surface area (Å²) in [5, 5.41) is 7.27. The van der Waals surface area contributed by atoms with Crippen molar-refractivity contribution < 1.29 is 0 Å². The lowest BCUT2D eigenvalue weighted by Crippen LogP contribution is -2.02. The average molecular weight is 215 g/mol. The fourth-order valence-electron chi connectivity index (χ4n) is 1.82. The summed E-state index contributed by atoms with van der Waals surface area (Å²) in [4.78, 5) is 0. The standard InChI is InChI=1S/C13H17N3/c1-10-3-2-4-11(7-10)8-13-9-12(5-6-14)15-16-13/h2-4,7,9H,5-6,8,14H2,1H3,(H,15,16). The molecule has 3 nitrogen and oxygen atoms in total. The van der Waals surface area contributed by atoms with Crippen molar-refractivity contribution >= 4 is 0 Å². The molecule has 16 heavy (non-hydrogen) atoms. The van der Waals surface area contributed by atoms with E-state index in [1.165, 1.54) is 11.1 Å². The van der Waals surface area contributed by atoms with Gasteiger partial charge in [0.2, 0.25) is 0 Å². The van der Waals surface area contributed by atoms with Gasteiger partial charge in [0.05, 0.1) is 5.69 Å². The minimum Gasteiger partial charge on any atom is -0.330 e. The molecule has 0 bridgehead atoms.